The monoisotopic (exact) mass is 543 g/mol. The zero-order chi connectivity index (χ0) is 29.1. The molecule has 3 N–H and O–H groups in total. The molecule has 204 valence electrons. The summed E-state index contributed by atoms with van der Waals surface area (Å²) >= 11 is 0. The number of hydrogen-bond donors (Lipinski definition) is 3. The zero-order valence-corrected chi connectivity index (χ0v) is 21.5. The van der Waals surface area contributed by atoms with E-state index in [0.717, 1.165) is 23.1 Å². The molecule has 1 aliphatic rings. The number of nitrogens with zero attached hydrogens (tertiary/aromatic N) is 2. The van der Waals surface area contributed by atoms with Crippen molar-refractivity contribution in [3.05, 3.63) is 101 Å². The lowest BCUT2D eigenvalue weighted by molar-refractivity contribution is -0.125. The fraction of sp³-hybridized carbons (Fsp3) is 0.172. The first kappa shape index (κ1) is 27.7. The van der Waals surface area contributed by atoms with E-state index in [1.54, 1.807) is 44.2 Å². The molecule has 0 fully saturated rings. The van der Waals surface area contributed by atoms with E-state index in [4.69, 9.17) is 0 Å². The van der Waals surface area contributed by atoms with Gasteiger partial charge in [0.2, 0.25) is 0 Å². The van der Waals surface area contributed by atoms with Gasteiger partial charge in [-0.15, -0.1) is 0 Å². The van der Waals surface area contributed by atoms with Crippen molar-refractivity contribution in [3.63, 3.8) is 0 Å². The van der Waals surface area contributed by atoms with Crippen LogP contribution in [0.15, 0.2) is 72.8 Å². The highest BCUT2D eigenvalue weighted by Crippen LogP contribution is 2.28. The molecule has 0 aliphatic carbocycles. The smallest absolute Gasteiger partial charge is 0.337 e. The number of imide groups is 1. The molecule has 1 aliphatic heterocycles. The van der Waals surface area contributed by atoms with Crippen molar-refractivity contribution < 1.29 is 39.0 Å². The first-order valence-corrected chi connectivity index (χ1v) is 12.3. The number of amides is 4. The van der Waals surface area contributed by atoms with E-state index in [0.29, 0.717) is 5.01 Å². The molecule has 40 heavy (non-hydrogen) atoms. The van der Waals surface area contributed by atoms with E-state index in [2.05, 4.69) is 5.43 Å². The standard InChI is InChI=1S/C29H25N3O8/c1-16(2)14-23(31-26(35)19-10-6-7-11-20(19)27(31)36)24(33)30-32(25(34)17-8-4-3-5-9-17)22-13-12-18(28(37)38)15-21(22)29(39)40/h3-13,15-16,23H,14H2,1-2H3,(H,30,33)(H,37,38)(H,39,40)/t23-/m0/s1. The van der Waals surface area contributed by atoms with Crippen molar-refractivity contribution in [1.82, 2.24) is 10.3 Å². The van der Waals surface area contributed by atoms with Gasteiger partial charge in [-0.05, 0) is 54.8 Å². The second-order valence-corrected chi connectivity index (χ2v) is 9.50. The number of aromatic carboxylic acids is 2. The van der Waals surface area contributed by atoms with E-state index in [9.17, 15) is 39.0 Å². The molecule has 1 atom stereocenters. The molecule has 3 aromatic rings. The van der Waals surface area contributed by atoms with E-state index in [1.165, 1.54) is 24.3 Å². The number of rotatable bonds is 8. The molecule has 4 rings (SSSR count). The van der Waals surface area contributed by atoms with Gasteiger partial charge in [0.15, 0.2) is 0 Å². The molecule has 0 bridgehead atoms. The number of carbonyl (C=O) groups is 6. The van der Waals surface area contributed by atoms with Gasteiger partial charge >= 0.3 is 11.9 Å². The number of carboxylic acid groups (broad SMARTS) is 2. The SMILES string of the molecule is CC(C)C[C@@H](C(=O)NN(C(=O)c1ccccc1)c1ccc(C(=O)O)cc1C(=O)O)N1C(=O)c2ccccc2C1=O. The van der Waals surface area contributed by atoms with Crippen LogP contribution in [0.4, 0.5) is 5.69 Å². The van der Waals surface area contributed by atoms with Crippen LogP contribution in [0.25, 0.3) is 0 Å². The molecule has 3 aromatic carbocycles. The third-order valence-electron chi connectivity index (χ3n) is 6.30. The average molecular weight is 544 g/mol. The van der Waals surface area contributed by atoms with Gasteiger partial charge in [-0.2, -0.15) is 0 Å². The molecule has 0 unspecified atom stereocenters. The third kappa shape index (κ3) is 5.30. The van der Waals surface area contributed by atoms with Crippen LogP contribution in [-0.4, -0.2) is 56.7 Å². The predicted molar refractivity (Wildman–Crippen MR) is 142 cm³/mol. The summed E-state index contributed by atoms with van der Waals surface area (Å²) in [6.07, 6.45) is 0.0500. The Kier molecular flexibility index (Phi) is 7.76. The number of carbonyl (C=O) groups excluding carboxylic acids is 4. The van der Waals surface area contributed by atoms with Gasteiger partial charge < -0.3 is 10.2 Å². The lowest BCUT2D eigenvalue weighted by Gasteiger charge is -2.31. The van der Waals surface area contributed by atoms with Crippen LogP contribution in [0.2, 0.25) is 0 Å². The van der Waals surface area contributed by atoms with E-state index < -0.39 is 47.2 Å². The van der Waals surface area contributed by atoms with Crippen LogP contribution in [0.3, 0.4) is 0 Å². The maximum absolute atomic E-state index is 13.8. The highest BCUT2D eigenvalue weighted by Gasteiger charge is 2.43. The zero-order valence-electron chi connectivity index (χ0n) is 21.5. The van der Waals surface area contributed by atoms with Crippen molar-refractivity contribution in [2.24, 2.45) is 5.92 Å². The summed E-state index contributed by atoms with van der Waals surface area (Å²) in [5, 5.41) is 19.9. The first-order valence-electron chi connectivity index (χ1n) is 12.3. The van der Waals surface area contributed by atoms with E-state index in [-0.39, 0.29) is 40.3 Å². The topological polar surface area (TPSA) is 161 Å². The molecule has 4 amide bonds. The summed E-state index contributed by atoms with van der Waals surface area (Å²) in [4.78, 5) is 78.2. The van der Waals surface area contributed by atoms with Gasteiger partial charge in [0.05, 0.1) is 27.9 Å². The average Bonchev–Trinajstić information content (AvgIpc) is 3.19. The lowest BCUT2D eigenvalue weighted by Crippen LogP contribution is -2.56. The molecule has 0 saturated heterocycles. The molecular formula is C29H25N3O8. The Morgan fingerprint density at radius 3 is 1.90 bits per heavy atom. The van der Waals surface area contributed by atoms with Crippen molar-refractivity contribution >= 4 is 41.3 Å². The second kappa shape index (κ2) is 11.2. The Hall–Kier alpha value is -5.32. The molecule has 11 heteroatoms. The lowest BCUT2D eigenvalue weighted by atomic mass is 10.0. The number of carboxylic acids is 2. The van der Waals surface area contributed by atoms with Crippen molar-refractivity contribution in [3.8, 4) is 0 Å². The summed E-state index contributed by atoms with van der Waals surface area (Å²) in [6.45, 7) is 3.58. The van der Waals surface area contributed by atoms with E-state index in [1.807, 2.05) is 0 Å². The fourth-order valence-electron chi connectivity index (χ4n) is 4.42. The van der Waals surface area contributed by atoms with Crippen LogP contribution in [0.5, 0.6) is 0 Å². The van der Waals surface area contributed by atoms with Gasteiger partial charge in [0, 0.05) is 5.56 Å². The Bertz CT molecular complexity index is 1500. The fourth-order valence-corrected chi connectivity index (χ4v) is 4.42. The summed E-state index contributed by atoms with van der Waals surface area (Å²) in [6, 6.07) is 15.6. The number of hydrogen-bond acceptors (Lipinski definition) is 6. The molecular weight excluding hydrogens is 518 g/mol. The molecule has 0 saturated carbocycles. The number of hydrazine groups is 1. The second-order valence-electron chi connectivity index (χ2n) is 9.50. The van der Waals surface area contributed by atoms with Gasteiger partial charge in [-0.25, -0.2) is 14.6 Å². The number of anilines is 1. The first-order chi connectivity index (χ1) is 19.0. The minimum absolute atomic E-state index is 0.0500. The minimum atomic E-state index is -1.54. The molecule has 0 aromatic heterocycles. The van der Waals surface area contributed by atoms with Crippen LogP contribution in [0, 0.1) is 5.92 Å². The van der Waals surface area contributed by atoms with Crippen molar-refractivity contribution in [2.75, 3.05) is 5.01 Å². The van der Waals surface area contributed by atoms with Crippen LogP contribution in [0.1, 0.15) is 72.1 Å². The maximum Gasteiger partial charge on any atom is 0.337 e. The molecule has 0 radical (unpaired) electrons. The Morgan fingerprint density at radius 2 is 1.38 bits per heavy atom. The Balaban J connectivity index is 1.79. The molecule has 11 nitrogen and oxygen atoms in total. The number of nitrogens with one attached hydrogen (secondary N) is 1. The predicted octanol–water partition coefficient (Wildman–Crippen LogP) is 3.47. The summed E-state index contributed by atoms with van der Waals surface area (Å²) in [7, 11) is 0. The molecule has 1 heterocycles. The quantitative estimate of drug-likeness (QED) is 0.287. The Morgan fingerprint density at radius 1 is 0.800 bits per heavy atom. The highest BCUT2D eigenvalue weighted by atomic mass is 16.4. The summed E-state index contributed by atoms with van der Waals surface area (Å²) < 4.78 is 0. The third-order valence-corrected chi connectivity index (χ3v) is 6.30. The van der Waals surface area contributed by atoms with Gasteiger partial charge in [-0.1, -0.05) is 44.2 Å². The minimum Gasteiger partial charge on any atom is -0.478 e. The normalized spacial score (nSPS) is 13.1. The van der Waals surface area contributed by atoms with Crippen molar-refractivity contribution in [1.29, 1.82) is 0 Å². The van der Waals surface area contributed by atoms with Gasteiger partial charge in [0.1, 0.15) is 6.04 Å². The number of benzene rings is 3. The molecule has 0 spiro atoms. The van der Waals surface area contributed by atoms with Gasteiger partial charge in [-0.3, -0.25) is 29.5 Å². The van der Waals surface area contributed by atoms with Crippen molar-refractivity contribution in [2.45, 2.75) is 26.3 Å². The van der Waals surface area contributed by atoms with Crippen LogP contribution >= 0.6 is 0 Å². The summed E-state index contributed by atoms with van der Waals surface area (Å²) in [5.41, 5.74) is 1.56. The maximum atomic E-state index is 13.8. The van der Waals surface area contributed by atoms with Gasteiger partial charge in [0.25, 0.3) is 23.6 Å². The van der Waals surface area contributed by atoms with Crippen LogP contribution in [-0.2, 0) is 4.79 Å². The van der Waals surface area contributed by atoms with E-state index >= 15 is 0 Å². The number of fused-ring (bicyclic) bond motifs is 1. The Labute approximate surface area is 228 Å². The van der Waals surface area contributed by atoms with Crippen LogP contribution < -0.4 is 10.4 Å². The summed E-state index contributed by atoms with van der Waals surface area (Å²) in [5.74, 6) is -6.17. The largest absolute Gasteiger partial charge is 0.478 e. The highest BCUT2D eigenvalue weighted by molar-refractivity contribution is 6.23.